The highest BCUT2D eigenvalue weighted by molar-refractivity contribution is 5.80. The number of ether oxygens (including phenoxy) is 1. The summed E-state index contributed by atoms with van der Waals surface area (Å²) in [4.78, 5) is 22.3. The van der Waals surface area contributed by atoms with E-state index in [1.54, 1.807) is 0 Å². The van der Waals surface area contributed by atoms with Crippen LogP contribution in [-0.4, -0.2) is 35.7 Å². The zero-order chi connectivity index (χ0) is 14.3. The number of carboxylic acids is 1. The summed E-state index contributed by atoms with van der Waals surface area (Å²) in [6, 6.07) is 0. The maximum Gasteiger partial charge on any atom is 0.303 e. The number of aliphatic carboxylic acids is 1. The summed E-state index contributed by atoms with van der Waals surface area (Å²) >= 11 is 0. The Balaban J connectivity index is 2.17. The average Bonchev–Trinajstić information content (AvgIpc) is 2.79. The minimum Gasteiger partial charge on any atom is -0.481 e. The minimum absolute atomic E-state index is 0.0302. The van der Waals surface area contributed by atoms with Gasteiger partial charge in [-0.05, 0) is 38.5 Å². The van der Waals surface area contributed by atoms with Crippen LogP contribution in [0.2, 0.25) is 0 Å². The highest BCUT2D eigenvalue weighted by Gasteiger charge is 2.27. The number of carbonyl (C=O) groups excluding carboxylic acids is 1. The largest absolute Gasteiger partial charge is 0.481 e. The van der Waals surface area contributed by atoms with E-state index in [2.05, 4.69) is 12.2 Å². The van der Waals surface area contributed by atoms with Crippen LogP contribution < -0.4 is 5.32 Å². The molecule has 1 aliphatic rings. The van der Waals surface area contributed by atoms with Crippen molar-refractivity contribution in [3.05, 3.63) is 0 Å². The molecule has 1 fully saturated rings. The first-order valence-corrected chi connectivity index (χ1v) is 7.17. The van der Waals surface area contributed by atoms with Gasteiger partial charge in [0.15, 0.2) is 0 Å². The Morgan fingerprint density at radius 3 is 2.63 bits per heavy atom. The second-order valence-electron chi connectivity index (χ2n) is 5.30. The van der Waals surface area contributed by atoms with Crippen LogP contribution in [0, 0.1) is 5.92 Å². The Morgan fingerprint density at radius 1 is 1.37 bits per heavy atom. The van der Waals surface area contributed by atoms with Crippen molar-refractivity contribution in [1.82, 2.24) is 5.32 Å². The number of nitrogens with one attached hydrogen (secondary N) is 1. The molecule has 0 saturated carbocycles. The lowest BCUT2D eigenvalue weighted by Gasteiger charge is -2.16. The standard InChI is InChI=1S/C14H25NO4/c1-3-11(5-7-13(16)17)8-9-15-14(18)12-6-4-10(2)19-12/h10-12H,3-9H2,1-2H3,(H,15,18)(H,16,17). The summed E-state index contributed by atoms with van der Waals surface area (Å²) in [7, 11) is 0. The van der Waals surface area contributed by atoms with Gasteiger partial charge in [0, 0.05) is 13.0 Å². The lowest BCUT2D eigenvalue weighted by Crippen LogP contribution is -2.35. The zero-order valence-electron chi connectivity index (χ0n) is 11.9. The lowest BCUT2D eigenvalue weighted by molar-refractivity contribution is -0.137. The molecule has 0 aliphatic carbocycles. The number of amides is 1. The lowest BCUT2D eigenvalue weighted by atomic mass is 9.96. The summed E-state index contributed by atoms with van der Waals surface area (Å²) in [5, 5.41) is 11.5. The number of carbonyl (C=O) groups is 2. The first-order valence-electron chi connectivity index (χ1n) is 7.17. The van der Waals surface area contributed by atoms with Crippen molar-refractivity contribution in [1.29, 1.82) is 0 Å². The molecule has 0 aromatic carbocycles. The smallest absolute Gasteiger partial charge is 0.303 e. The van der Waals surface area contributed by atoms with Crippen molar-refractivity contribution in [3.63, 3.8) is 0 Å². The molecule has 1 saturated heterocycles. The molecule has 2 N–H and O–H groups in total. The maximum absolute atomic E-state index is 11.8. The monoisotopic (exact) mass is 271 g/mol. The molecular weight excluding hydrogens is 246 g/mol. The summed E-state index contributed by atoms with van der Waals surface area (Å²) in [5.74, 6) is -0.423. The normalized spacial score (nSPS) is 24.1. The van der Waals surface area contributed by atoms with Crippen molar-refractivity contribution in [3.8, 4) is 0 Å². The minimum atomic E-state index is -0.754. The van der Waals surface area contributed by atoms with Gasteiger partial charge in [0.05, 0.1) is 6.10 Å². The van der Waals surface area contributed by atoms with Gasteiger partial charge in [-0.3, -0.25) is 9.59 Å². The van der Waals surface area contributed by atoms with Crippen LogP contribution in [0.5, 0.6) is 0 Å². The fraction of sp³-hybridized carbons (Fsp3) is 0.857. The molecule has 1 heterocycles. The molecule has 5 nitrogen and oxygen atoms in total. The molecule has 0 aromatic heterocycles. The molecule has 0 bridgehead atoms. The van der Waals surface area contributed by atoms with Crippen molar-refractivity contribution in [2.24, 2.45) is 5.92 Å². The van der Waals surface area contributed by atoms with Crippen molar-refractivity contribution < 1.29 is 19.4 Å². The van der Waals surface area contributed by atoms with E-state index in [4.69, 9.17) is 9.84 Å². The van der Waals surface area contributed by atoms with Gasteiger partial charge in [-0.2, -0.15) is 0 Å². The molecule has 1 amide bonds. The Hall–Kier alpha value is -1.10. The van der Waals surface area contributed by atoms with E-state index in [-0.39, 0.29) is 24.5 Å². The summed E-state index contributed by atoms with van der Waals surface area (Å²) < 4.78 is 5.50. The van der Waals surface area contributed by atoms with E-state index in [1.807, 2.05) is 6.92 Å². The maximum atomic E-state index is 11.8. The summed E-state index contributed by atoms with van der Waals surface area (Å²) in [6.45, 7) is 4.63. The Labute approximate surface area is 114 Å². The van der Waals surface area contributed by atoms with Crippen LogP contribution in [0.25, 0.3) is 0 Å². The highest BCUT2D eigenvalue weighted by atomic mass is 16.5. The molecule has 3 atom stereocenters. The molecular formula is C14H25NO4. The van der Waals surface area contributed by atoms with E-state index in [9.17, 15) is 9.59 Å². The molecule has 3 unspecified atom stereocenters. The van der Waals surface area contributed by atoms with Crippen LogP contribution in [-0.2, 0) is 14.3 Å². The predicted octanol–water partition coefficient (Wildman–Crippen LogP) is 1.95. The van der Waals surface area contributed by atoms with Crippen molar-refractivity contribution in [2.45, 2.75) is 64.6 Å². The van der Waals surface area contributed by atoms with Crippen molar-refractivity contribution >= 4 is 11.9 Å². The summed E-state index contributed by atoms with van der Waals surface area (Å²) in [5.41, 5.74) is 0. The summed E-state index contributed by atoms with van der Waals surface area (Å²) in [6.07, 6.45) is 4.27. The topological polar surface area (TPSA) is 75.6 Å². The first-order chi connectivity index (χ1) is 9.02. The van der Waals surface area contributed by atoms with Gasteiger partial charge in [0.1, 0.15) is 6.10 Å². The number of hydrogen-bond acceptors (Lipinski definition) is 3. The SMILES string of the molecule is CCC(CCNC(=O)C1CCC(C)O1)CCC(=O)O. The van der Waals surface area contributed by atoms with Gasteiger partial charge in [0.25, 0.3) is 0 Å². The Kier molecular flexibility index (Phi) is 6.84. The third-order valence-corrected chi connectivity index (χ3v) is 3.72. The Bertz CT molecular complexity index is 306. The predicted molar refractivity (Wildman–Crippen MR) is 71.8 cm³/mol. The molecule has 5 heteroatoms. The molecule has 110 valence electrons. The number of carboxylic acid groups (broad SMARTS) is 1. The first kappa shape index (κ1) is 16.0. The molecule has 19 heavy (non-hydrogen) atoms. The molecule has 1 rings (SSSR count). The quantitative estimate of drug-likeness (QED) is 0.707. The van der Waals surface area contributed by atoms with Gasteiger partial charge in [-0.1, -0.05) is 13.3 Å². The van der Waals surface area contributed by atoms with Crippen molar-refractivity contribution in [2.75, 3.05) is 6.54 Å². The molecule has 1 aliphatic heterocycles. The second kappa shape index (κ2) is 8.15. The molecule has 0 aromatic rings. The highest BCUT2D eigenvalue weighted by Crippen LogP contribution is 2.19. The van der Waals surface area contributed by atoms with E-state index in [1.165, 1.54) is 0 Å². The van der Waals surface area contributed by atoms with Crippen LogP contribution >= 0.6 is 0 Å². The van der Waals surface area contributed by atoms with E-state index in [0.29, 0.717) is 18.9 Å². The van der Waals surface area contributed by atoms with Gasteiger partial charge in [0.2, 0.25) is 5.91 Å². The molecule has 0 spiro atoms. The van der Waals surface area contributed by atoms with E-state index in [0.717, 1.165) is 25.7 Å². The van der Waals surface area contributed by atoms with Crippen LogP contribution in [0.3, 0.4) is 0 Å². The van der Waals surface area contributed by atoms with Crippen LogP contribution in [0.1, 0.15) is 52.4 Å². The third-order valence-electron chi connectivity index (χ3n) is 3.72. The molecule has 0 radical (unpaired) electrons. The van der Waals surface area contributed by atoms with Crippen LogP contribution in [0.4, 0.5) is 0 Å². The van der Waals surface area contributed by atoms with E-state index < -0.39 is 5.97 Å². The van der Waals surface area contributed by atoms with Gasteiger partial charge >= 0.3 is 5.97 Å². The second-order valence-corrected chi connectivity index (χ2v) is 5.30. The average molecular weight is 271 g/mol. The zero-order valence-corrected chi connectivity index (χ0v) is 11.9. The van der Waals surface area contributed by atoms with Gasteiger partial charge in [-0.15, -0.1) is 0 Å². The number of hydrogen-bond donors (Lipinski definition) is 2. The fourth-order valence-corrected chi connectivity index (χ4v) is 2.39. The van der Waals surface area contributed by atoms with Gasteiger partial charge in [-0.25, -0.2) is 0 Å². The fourth-order valence-electron chi connectivity index (χ4n) is 2.39. The number of rotatable bonds is 8. The Morgan fingerprint density at radius 2 is 2.11 bits per heavy atom. The van der Waals surface area contributed by atoms with Gasteiger partial charge < -0.3 is 15.2 Å². The third kappa shape index (κ3) is 6.05. The van der Waals surface area contributed by atoms with Crippen LogP contribution in [0.15, 0.2) is 0 Å². The van der Waals surface area contributed by atoms with E-state index >= 15 is 0 Å².